The van der Waals surface area contributed by atoms with E-state index in [1.807, 2.05) is 13.8 Å². The van der Waals surface area contributed by atoms with Crippen molar-refractivity contribution in [3.63, 3.8) is 0 Å². The molecular weight excluding hydrogens is 230 g/mol. The molecule has 1 rings (SSSR count). The Hall–Kier alpha value is -0.750. The Morgan fingerprint density at radius 1 is 1.50 bits per heavy atom. The highest BCUT2D eigenvalue weighted by Gasteiger charge is 2.38. The summed E-state index contributed by atoms with van der Waals surface area (Å²) in [4.78, 5) is 23.9. The second-order valence-electron chi connectivity index (χ2n) is 4.15. The summed E-state index contributed by atoms with van der Waals surface area (Å²) in [6.07, 6.45) is -0.581. The van der Waals surface area contributed by atoms with Gasteiger partial charge in [-0.1, -0.05) is 13.8 Å². The fourth-order valence-corrected chi connectivity index (χ4v) is 2.29. The maximum atomic E-state index is 11.7. The molecule has 0 spiro atoms. The number of carboxylic acids is 1. The average molecular weight is 247 g/mol. The number of nitrogens with zero attached hydrogens (tertiary/aromatic N) is 1. The van der Waals surface area contributed by atoms with Crippen LogP contribution in [0.2, 0.25) is 0 Å². The molecule has 92 valence electrons. The predicted octanol–water partition coefficient (Wildman–Crippen LogP) is 0.174. The largest absolute Gasteiger partial charge is 0.480 e. The van der Waals surface area contributed by atoms with Crippen LogP contribution in [-0.4, -0.2) is 56.7 Å². The van der Waals surface area contributed by atoms with Crippen LogP contribution in [0.3, 0.4) is 0 Å². The van der Waals surface area contributed by atoms with Crippen LogP contribution in [0.4, 0.5) is 0 Å². The topological polar surface area (TPSA) is 77.8 Å². The van der Waals surface area contributed by atoms with Gasteiger partial charge in [0.25, 0.3) is 0 Å². The number of aliphatic hydroxyl groups is 1. The van der Waals surface area contributed by atoms with E-state index in [2.05, 4.69) is 0 Å². The van der Waals surface area contributed by atoms with Crippen LogP contribution in [0.25, 0.3) is 0 Å². The van der Waals surface area contributed by atoms with Crippen molar-refractivity contribution in [1.82, 2.24) is 4.90 Å². The molecule has 5 nitrogen and oxygen atoms in total. The van der Waals surface area contributed by atoms with Gasteiger partial charge in [-0.15, -0.1) is 11.8 Å². The van der Waals surface area contributed by atoms with Gasteiger partial charge in [0.15, 0.2) is 0 Å². The van der Waals surface area contributed by atoms with Crippen molar-refractivity contribution in [2.24, 2.45) is 0 Å². The van der Waals surface area contributed by atoms with Gasteiger partial charge < -0.3 is 15.1 Å². The van der Waals surface area contributed by atoms with E-state index >= 15 is 0 Å². The maximum absolute atomic E-state index is 11.7. The van der Waals surface area contributed by atoms with Gasteiger partial charge in [0.2, 0.25) is 5.91 Å². The van der Waals surface area contributed by atoms with Gasteiger partial charge in [-0.3, -0.25) is 4.79 Å². The van der Waals surface area contributed by atoms with Crippen molar-refractivity contribution in [1.29, 1.82) is 0 Å². The third-order valence-electron chi connectivity index (χ3n) is 2.42. The highest BCUT2D eigenvalue weighted by Crippen LogP contribution is 2.20. The fraction of sp³-hybridized carbons (Fsp3) is 0.800. The van der Waals surface area contributed by atoms with Crippen LogP contribution in [0.15, 0.2) is 0 Å². The molecule has 16 heavy (non-hydrogen) atoms. The summed E-state index contributed by atoms with van der Waals surface area (Å²) in [7, 11) is 0. The molecule has 1 aliphatic rings. The Morgan fingerprint density at radius 3 is 2.62 bits per heavy atom. The van der Waals surface area contributed by atoms with Gasteiger partial charge in [0.05, 0.1) is 11.9 Å². The van der Waals surface area contributed by atoms with Crippen LogP contribution in [0, 0.1) is 0 Å². The minimum Gasteiger partial charge on any atom is -0.480 e. The third kappa shape index (κ3) is 3.38. The number of amides is 1. The van der Waals surface area contributed by atoms with E-state index in [1.54, 1.807) is 0 Å². The van der Waals surface area contributed by atoms with Crippen molar-refractivity contribution in [3.8, 4) is 0 Å². The van der Waals surface area contributed by atoms with E-state index in [9.17, 15) is 14.7 Å². The molecule has 1 amide bonds. The summed E-state index contributed by atoms with van der Waals surface area (Å²) >= 11 is 1.48. The first kappa shape index (κ1) is 13.3. The number of carboxylic acid groups (broad SMARTS) is 1. The summed E-state index contributed by atoms with van der Waals surface area (Å²) < 4.78 is 0. The second-order valence-corrected chi connectivity index (χ2v) is 5.71. The molecule has 1 saturated heterocycles. The number of aliphatic hydroxyl groups excluding tert-OH is 1. The lowest BCUT2D eigenvalue weighted by Crippen LogP contribution is -2.41. The lowest BCUT2D eigenvalue weighted by atomic mass is 10.2. The summed E-state index contributed by atoms with van der Waals surface area (Å²) in [6.45, 7) is 4.09. The van der Waals surface area contributed by atoms with Gasteiger partial charge in [0.1, 0.15) is 6.04 Å². The molecule has 0 radical (unpaired) electrons. The van der Waals surface area contributed by atoms with Gasteiger partial charge in [0, 0.05) is 13.0 Å². The van der Waals surface area contributed by atoms with Crippen molar-refractivity contribution in [2.75, 3.05) is 12.3 Å². The van der Waals surface area contributed by atoms with E-state index in [0.29, 0.717) is 5.25 Å². The van der Waals surface area contributed by atoms with Gasteiger partial charge in [-0.2, -0.15) is 0 Å². The Kier molecular flexibility index (Phi) is 4.61. The number of hydrogen-bond donors (Lipinski definition) is 2. The molecule has 0 bridgehead atoms. The molecule has 2 N–H and O–H groups in total. The SMILES string of the molecule is CC(C)SCC(=O)N1C[C@H](O)C[C@H]1C(=O)O. The Bertz CT molecular complexity index is 282. The first-order valence-corrected chi connectivity index (χ1v) is 6.28. The van der Waals surface area contributed by atoms with E-state index < -0.39 is 18.1 Å². The fourth-order valence-electron chi connectivity index (χ4n) is 1.64. The van der Waals surface area contributed by atoms with Gasteiger partial charge in [-0.05, 0) is 5.25 Å². The normalized spacial score (nSPS) is 25.1. The summed E-state index contributed by atoms with van der Waals surface area (Å²) in [5, 5.41) is 18.6. The number of carbonyl (C=O) groups is 2. The molecule has 0 aromatic rings. The lowest BCUT2D eigenvalue weighted by molar-refractivity contribution is -0.147. The number of rotatable bonds is 4. The van der Waals surface area contributed by atoms with Gasteiger partial charge >= 0.3 is 5.97 Å². The lowest BCUT2D eigenvalue weighted by Gasteiger charge is -2.21. The number of thioether (sulfide) groups is 1. The van der Waals surface area contributed by atoms with Crippen molar-refractivity contribution in [3.05, 3.63) is 0 Å². The zero-order valence-electron chi connectivity index (χ0n) is 9.42. The zero-order valence-corrected chi connectivity index (χ0v) is 10.2. The molecule has 0 aromatic carbocycles. The number of hydrogen-bond acceptors (Lipinski definition) is 4. The monoisotopic (exact) mass is 247 g/mol. The molecule has 1 aliphatic heterocycles. The van der Waals surface area contributed by atoms with E-state index in [4.69, 9.17) is 5.11 Å². The summed E-state index contributed by atoms with van der Waals surface area (Å²) in [5.41, 5.74) is 0. The average Bonchev–Trinajstić information content (AvgIpc) is 2.56. The minimum absolute atomic E-state index is 0.132. The van der Waals surface area contributed by atoms with E-state index in [-0.39, 0.29) is 24.6 Å². The van der Waals surface area contributed by atoms with Crippen LogP contribution in [0.5, 0.6) is 0 Å². The maximum Gasteiger partial charge on any atom is 0.326 e. The predicted molar refractivity (Wildman–Crippen MR) is 61.4 cm³/mol. The smallest absolute Gasteiger partial charge is 0.326 e. The van der Waals surface area contributed by atoms with Crippen molar-refractivity contribution in [2.45, 2.75) is 37.7 Å². The summed E-state index contributed by atoms with van der Waals surface area (Å²) in [6, 6.07) is -0.865. The zero-order chi connectivity index (χ0) is 12.3. The first-order chi connectivity index (χ1) is 7.41. The molecule has 1 heterocycles. The first-order valence-electron chi connectivity index (χ1n) is 5.23. The molecule has 2 atom stereocenters. The summed E-state index contributed by atoms with van der Waals surface area (Å²) in [5.74, 6) is -0.976. The molecule has 1 fully saturated rings. The molecule has 0 aliphatic carbocycles. The molecular formula is C10H17NO4S. The van der Waals surface area contributed by atoms with E-state index in [1.165, 1.54) is 16.7 Å². The number of likely N-dealkylation sites (tertiary alicyclic amines) is 1. The molecule has 0 aromatic heterocycles. The van der Waals surface area contributed by atoms with E-state index in [0.717, 1.165) is 0 Å². The Labute approximate surface area is 98.8 Å². The molecule has 0 unspecified atom stereocenters. The number of β-amino-alcohol motifs (C(OH)–C–C–N with tert-alkyl or cyclic N) is 1. The molecule has 6 heteroatoms. The standard InChI is InChI=1S/C10H17NO4S/c1-6(2)16-5-9(13)11-4-7(12)3-8(11)10(14)15/h6-8,12H,3-5H2,1-2H3,(H,14,15)/t7-,8+/m1/s1. The minimum atomic E-state index is -1.04. The van der Waals surface area contributed by atoms with Crippen LogP contribution in [0.1, 0.15) is 20.3 Å². The second kappa shape index (κ2) is 5.54. The van der Waals surface area contributed by atoms with Crippen molar-refractivity contribution >= 4 is 23.6 Å². The van der Waals surface area contributed by atoms with Crippen LogP contribution >= 0.6 is 11.8 Å². The molecule has 0 saturated carbocycles. The van der Waals surface area contributed by atoms with Crippen LogP contribution in [-0.2, 0) is 9.59 Å². The van der Waals surface area contributed by atoms with Crippen molar-refractivity contribution < 1.29 is 19.8 Å². The quantitative estimate of drug-likeness (QED) is 0.740. The van der Waals surface area contributed by atoms with Gasteiger partial charge in [-0.25, -0.2) is 4.79 Å². The Balaban J connectivity index is 2.56. The number of carbonyl (C=O) groups excluding carboxylic acids is 1. The highest BCUT2D eigenvalue weighted by molar-refractivity contribution is 8.00. The third-order valence-corrected chi connectivity index (χ3v) is 3.50. The number of aliphatic carboxylic acids is 1. The van der Waals surface area contributed by atoms with Crippen LogP contribution < -0.4 is 0 Å². The Morgan fingerprint density at radius 2 is 2.12 bits per heavy atom. The highest BCUT2D eigenvalue weighted by atomic mass is 32.2.